The van der Waals surface area contributed by atoms with Crippen LogP contribution in [0.4, 0.5) is 0 Å². The van der Waals surface area contributed by atoms with E-state index in [4.69, 9.17) is 4.74 Å². The number of nitrogens with one attached hydrogen (secondary N) is 1. The van der Waals surface area contributed by atoms with Crippen LogP contribution in [0.2, 0.25) is 11.1 Å². The molecule has 0 aliphatic heterocycles. The van der Waals surface area contributed by atoms with Gasteiger partial charge in [-0.2, -0.15) is 0 Å². The van der Waals surface area contributed by atoms with Crippen LogP contribution in [0.15, 0.2) is 82.5 Å². The van der Waals surface area contributed by atoms with Crippen molar-refractivity contribution < 1.29 is 14.9 Å². The minimum absolute atomic E-state index is 0.143. The first kappa shape index (κ1) is 24.9. The van der Waals surface area contributed by atoms with Crippen molar-refractivity contribution in [3.63, 3.8) is 0 Å². The number of H-pyrrole nitrogens is 1. The fraction of sp³-hybridized carbons (Fsp3) is 0.360. The van der Waals surface area contributed by atoms with E-state index in [1.165, 1.54) is 22.6 Å². The molecule has 0 saturated carbocycles. The summed E-state index contributed by atoms with van der Waals surface area (Å²) in [4.78, 5) is 25.9. The molecule has 0 aliphatic carbocycles. The van der Waals surface area contributed by atoms with Gasteiger partial charge in [-0.1, -0.05) is 91.8 Å². The average molecular weight is 469 g/mol. The number of benzene rings is 2. The van der Waals surface area contributed by atoms with Gasteiger partial charge in [-0.15, -0.1) is 0 Å². The van der Waals surface area contributed by atoms with E-state index in [0.717, 1.165) is 4.57 Å². The molecule has 2 atom stereocenters. The first-order valence-corrected chi connectivity index (χ1v) is 13.2. The molecule has 0 amide bonds. The highest BCUT2D eigenvalue weighted by molar-refractivity contribution is 7.04. The summed E-state index contributed by atoms with van der Waals surface area (Å²) in [7, 11) is -2.55. The van der Waals surface area contributed by atoms with Gasteiger partial charge in [0.15, 0.2) is 6.23 Å². The highest BCUT2D eigenvalue weighted by atomic mass is 28.3. The summed E-state index contributed by atoms with van der Waals surface area (Å²) in [6.45, 7) is 5.87. The van der Waals surface area contributed by atoms with Crippen LogP contribution in [0.1, 0.15) is 27.0 Å². The lowest BCUT2D eigenvalue weighted by Gasteiger charge is -2.46. The van der Waals surface area contributed by atoms with Crippen LogP contribution >= 0.6 is 0 Å². The van der Waals surface area contributed by atoms with Gasteiger partial charge in [0.05, 0.1) is 19.3 Å². The molecule has 0 fully saturated rings. The van der Waals surface area contributed by atoms with E-state index in [9.17, 15) is 19.8 Å². The van der Waals surface area contributed by atoms with Crippen molar-refractivity contribution in [1.29, 1.82) is 0 Å². The van der Waals surface area contributed by atoms with Crippen molar-refractivity contribution >= 4 is 18.4 Å². The Bertz CT molecular complexity index is 1100. The maximum Gasteiger partial charge on any atom is 0.330 e. The monoisotopic (exact) mass is 468 g/mol. The van der Waals surface area contributed by atoms with Gasteiger partial charge in [0.25, 0.3) is 5.56 Å². The molecule has 0 aliphatic rings. The molecule has 3 aromatic rings. The lowest BCUT2D eigenvalue weighted by atomic mass is 10.2. The van der Waals surface area contributed by atoms with Crippen molar-refractivity contribution in [3.05, 3.63) is 93.8 Å². The van der Waals surface area contributed by atoms with Gasteiger partial charge in [-0.25, -0.2) is 4.79 Å². The SMILES string of the molecule is CC(C)(C)[Si](CC(CO)OC(CO)n1ccc(=O)[nH]c1=O)(c1ccccc1)c1ccccc1. The Morgan fingerprint density at radius 1 is 0.909 bits per heavy atom. The van der Waals surface area contributed by atoms with E-state index < -0.39 is 38.3 Å². The Kier molecular flexibility index (Phi) is 7.86. The van der Waals surface area contributed by atoms with Crippen LogP contribution in [0.25, 0.3) is 0 Å². The number of rotatable bonds is 9. The third-order valence-corrected chi connectivity index (χ3v) is 12.5. The number of aromatic nitrogens is 2. The summed E-state index contributed by atoms with van der Waals surface area (Å²) in [5, 5.41) is 22.6. The molecule has 176 valence electrons. The summed E-state index contributed by atoms with van der Waals surface area (Å²) < 4.78 is 7.26. The Morgan fingerprint density at radius 2 is 1.45 bits per heavy atom. The van der Waals surface area contributed by atoms with Crippen molar-refractivity contribution in [2.75, 3.05) is 13.2 Å². The van der Waals surface area contributed by atoms with Crippen molar-refractivity contribution in [1.82, 2.24) is 9.55 Å². The molecular weight excluding hydrogens is 436 g/mol. The highest BCUT2D eigenvalue weighted by Gasteiger charge is 2.49. The van der Waals surface area contributed by atoms with Gasteiger partial charge in [0.1, 0.15) is 8.07 Å². The summed E-state index contributed by atoms with van der Waals surface area (Å²) >= 11 is 0. The molecule has 3 rings (SSSR count). The van der Waals surface area contributed by atoms with Crippen LogP contribution in [0, 0.1) is 0 Å². The van der Waals surface area contributed by atoms with Crippen LogP contribution in [0.3, 0.4) is 0 Å². The van der Waals surface area contributed by atoms with Crippen LogP contribution in [-0.2, 0) is 4.74 Å². The first-order chi connectivity index (χ1) is 15.7. The predicted octanol–water partition coefficient (Wildman–Crippen LogP) is 1.47. The molecule has 2 aromatic carbocycles. The molecule has 3 N–H and O–H groups in total. The molecule has 1 heterocycles. The average Bonchev–Trinajstić information content (AvgIpc) is 2.80. The number of ether oxygens (including phenoxy) is 1. The highest BCUT2D eigenvalue weighted by Crippen LogP contribution is 2.40. The fourth-order valence-corrected chi connectivity index (χ4v) is 10.2. The number of aromatic amines is 1. The van der Waals surface area contributed by atoms with E-state index in [-0.39, 0.29) is 11.6 Å². The Morgan fingerprint density at radius 3 is 1.88 bits per heavy atom. The summed E-state index contributed by atoms with van der Waals surface area (Å²) in [5.41, 5.74) is -1.21. The second kappa shape index (κ2) is 10.4. The number of hydrogen-bond donors (Lipinski definition) is 3. The van der Waals surface area contributed by atoms with Crippen LogP contribution < -0.4 is 21.6 Å². The normalized spacial score (nSPS) is 14.1. The van der Waals surface area contributed by atoms with Gasteiger partial charge in [0.2, 0.25) is 0 Å². The van der Waals surface area contributed by atoms with Gasteiger partial charge >= 0.3 is 5.69 Å². The minimum Gasteiger partial charge on any atom is -0.394 e. The maximum atomic E-state index is 12.3. The molecule has 33 heavy (non-hydrogen) atoms. The van der Waals surface area contributed by atoms with E-state index in [1.807, 2.05) is 36.4 Å². The lowest BCUT2D eigenvalue weighted by molar-refractivity contribution is -0.0912. The van der Waals surface area contributed by atoms with E-state index in [1.54, 1.807) is 0 Å². The number of aliphatic hydroxyl groups is 2. The molecule has 0 saturated heterocycles. The topological polar surface area (TPSA) is 105 Å². The summed E-state index contributed by atoms with van der Waals surface area (Å²) in [6, 6.07) is 22.3. The number of nitrogens with zero attached hydrogens (tertiary/aromatic N) is 1. The molecule has 0 radical (unpaired) electrons. The zero-order valence-electron chi connectivity index (χ0n) is 19.3. The van der Waals surface area contributed by atoms with Crippen molar-refractivity contribution in [2.45, 2.75) is 44.2 Å². The third-order valence-electron chi connectivity index (χ3n) is 6.22. The smallest absolute Gasteiger partial charge is 0.330 e. The molecule has 7 nitrogen and oxygen atoms in total. The van der Waals surface area contributed by atoms with E-state index in [2.05, 4.69) is 50.0 Å². The van der Waals surface area contributed by atoms with Crippen molar-refractivity contribution in [3.8, 4) is 0 Å². The molecule has 1 aromatic heterocycles. The predicted molar refractivity (Wildman–Crippen MR) is 132 cm³/mol. The molecular formula is C25H32N2O5Si. The maximum absolute atomic E-state index is 12.3. The van der Waals surface area contributed by atoms with Crippen LogP contribution in [0.5, 0.6) is 0 Å². The third kappa shape index (κ3) is 5.25. The summed E-state index contributed by atoms with van der Waals surface area (Å²) in [6.07, 6.45) is -0.392. The zero-order valence-corrected chi connectivity index (χ0v) is 20.3. The lowest BCUT2D eigenvalue weighted by Crippen LogP contribution is -2.65. The Hall–Kier alpha value is -2.78. The summed E-state index contributed by atoms with van der Waals surface area (Å²) in [5.74, 6) is 0. The number of hydrogen-bond acceptors (Lipinski definition) is 5. The molecule has 0 bridgehead atoms. The number of aliphatic hydroxyl groups excluding tert-OH is 2. The molecule has 2 unspecified atom stereocenters. The standard InChI is InChI=1S/C25H32N2O5Si/c1-25(2,3)33(20-10-6-4-7-11-20,21-12-8-5-9-13-21)18-19(16-28)32-23(17-29)27-15-14-22(30)26-24(27)31/h4-15,19,23,28-29H,16-18H2,1-3H3,(H,26,30,31). The second-order valence-corrected chi connectivity index (χ2v) is 14.1. The van der Waals surface area contributed by atoms with Crippen LogP contribution in [-0.4, -0.2) is 47.2 Å². The van der Waals surface area contributed by atoms with E-state index in [0.29, 0.717) is 6.04 Å². The molecule has 0 spiro atoms. The quantitative estimate of drug-likeness (QED) is 0.413. The second-order valence-electron chi connectivity index (χ2n) is 9.19. The van der Waals surface area contributed by atoms with Gasteiger partial charge in [-0.05, 0) is 11.1 Å². The minimum atomic E-state index is -2.55. The van der Waals surface area contributed by atoms with Gasteiger partial charge in [-0.3, -0.25) is 14.3 Å². The zero-order chi connectivity index (χ0) is 24.1. The first-order valence-electron chi connectivity index (χ1n) is 11.0. The molecule has 8 heteroatoms. The fourth-order valence-electron chi connectivity index (χ4n) is 4.59. The largest absolute Gasteiger partial charge is 0.394 e. The van der Waals surface area contributed by atoms with Crippen molar-refractivity contribution in [2.24, 2.45) is 0 Å². The van der Waals surface area contributed by atoms with Gasteiger partial charge < -0.3 is 14.9 Å². The van der Waals surface area contributed by atoms with E-state index >= 15 is 0 Å². The Balaban J connectivity index is 2.07. The Labute approximate surface area is 194 Å². The van der Waals surface area contributed by atoms with Gasteiger partial charge in [0, 0.05) is 12.3 Å².